The Bertz CT molecular complexity index is 1500. The number of rotatable bonds is 5. The summed E-state index contributed by atoms with van der Waals surface area (Å²) in [5, 5.41) is 34.5. The van der Waals surface area contributed by atoms with E-state index in [0.717, 1.165) is 11.3 Å². The minimum Gasteiger partial charge on any atom is -0.508 e. The molecule has 2 unspecified atom stereocenters. The van der Waals surface area contributed by atoms with Crippen LogP contribution in [0.3, 0.4) is 0 Å². The highest BCUT2D eigenvalue weighted by atomic mass is 16.4. The Morgan fingerprint density at radius 3 is 2.41 bits per heavy atom. The number of Topliss-reactive ketones (excluding diaryl/α,β-unsaturated/α-hetero) is 2. The topological polar surface area (TPSA) is 174 Å². The van der Waals surface area contributed by atoms with E-state index in [9.17, 15) is 29.7 Å². The normalized spacial score (nSPS) is 26.8. The van der Waals surface area contributed by atoms with Crippen molar-refractivity contribution in [3.8, 4) is 0 Å². The van der Waals surface area contributed by atoms with E-state index in [2.05, 4.69) is 4.98 Å². The molecule has 1 fully saturated rings. The molecule has 1 aromatic heterocycles. The average molecular weight is 540 g/mol. The molecular formula is C27H33N5O7. The summed E-state index contributed by atoms with van der Waals surface area (Å²) in [6.07, 6.45) is 0.390. The van der Waals surface area contributed by atoms with Crippen LogP contribution in [-0.2, 0) is 27.3 Å². The zero-order valence-corrected chi connectivity index (χ0v) is 22.8. The van der Waals surface area contributed by atoms with E-state index in [4.69, 9.17) is 10.2 Å². The highest BCUT2D eigenvalue weighted by molar-refractivity contribution is 6.24. The molecule has 1 heterocycles. The molecule has 39 heavy (non-hydrogen) atoms. The van der Waals surface area contributed by atoms with Gasteiger partial charge in [-0.05, 0) is 58.6 Å². The summed E-state index contributed by atoms with van der Waals surface area (Å²) < 4.78 is 6.05. The predicted molar refractivity (Wildman–Crippen MR) is 142 cm³/mol. The highest BCUT2D eigenvalue weighted by Gasteiger charge is 2.64. The lowest BCUT2D eigenvalue weighted by molar-refractivity contribution is -0.153. The van der Waals surface area contributed by atoms with Gasteiger partial charge in [0, 0.05) is 31.3 Å². The van der Waals surface area contributed by atoms with Gasteiger partial charge in [-0.3, -0.25) is 19.3 Å². The summed E-state index contributed by atoms with van der Waals surface area (Å²) in [5.74, 6) is -5.66. The third-order valence-electron chi connectivity index (χ3n) is 8.06. The van der Waals surface area contributed by atoms with Crippen molar-refractivity contribution in [2.75, 3.05) is 47.2 Å². The first kappa shape index (κ1) is 26.9. The van der Waals surface area contributed by atoms with Crippen LogP contribution in [0.15, 0.2) is 27.4 Å². The zero-order chi connectivity index (χ0) is 28.7. The van der Waals surface area contributed by atoms with Crippen LogP contribution in [0, 0.1) is 11.8 Å². The first-order valence-corrected chi connectivity index (χ1v) is 12.6. The van der Waals surface area contributed by atoms with Crippen LogP contribution in [0.5, 0.6) is 0 Å². The summed E-state index contributed by atoms with van der Waals surface area (Å²) in [5.41, 5.74) is 4.49. The lowest BCUT2D eigenvalue weighted by Gasteiger charge is -2.50. The number of nitrogens with zero attached hydrogens (tertiary/aromatic N) is 4. The van der Waals surface area contributed by atoms with E-state index in [1.807, 2.05) is 44.1 Å². The maximum atomic E-state index is 14.1. The van der Waals surface area contributed by atoms with Crippen LogP contribution in [0.25, 0.3) is 16.9 Å². The summed E-state index contributed by atoms with van der Waals surface area (Å²) in [6, 6.07) is 0.775. The molecule has 1 amide bonds. The van der Waals surface area contributed by atoms with Crippen LogP contribution in [-0.4, -0.2) is 102 Å². The van der Waals surface area contributed by atoms with Gasteiger partial charge in [0.15, 0.2) is 17.0 Å². The third kappa shape index (κ3) is 3.69. The summed E-state index contributed by atoms with van der Waals surface area (Å²) in [7, 11) is 10.6. The van der Waals surface area contributed by atoms with Gasteiger partial charge in [-0.15, -0.1) is 0 Å². The predicted octanol–water partition coefficient (Wildman–Crippen LogP) is 0.527. The Morgan fingerprint density at radius 2 is 1.85 bits per heavy atom. The van der Waals surface area contributed by atoms with Gasteiger partial charge < -0.3 is 35.3 Å². The smallest absolute Gasteiger partial charge is 0.255 e. The van der Waals surface area contributed by atoms with Gasteiger partial charge >= 0.3 is 0 Å². The Balaban J connectivity index is 1.78. The summed E-state index contributed by atoms with van der Waals surface area (Å²) in [6.45, 7) is 0.412. The molecule has 0 radical (unpaired) electrons. The maximum absolute atomic E-state index is 14.1. The molecule has 3 aliphatic rings. The molecule has 208 valence electrons. The minimum atomic E-state index is -2.62. The number of hydrogen-bond acceptors (Lipinski definition) is 11. The SMILES string of the molecule is CN(C)Cc1nc2cc(N(C)C)c3c(c2o1)C(O)=C1C(=O)[C@]2(O)C(O)=C(C(N)=O)C(=O)[C@@H](N(C)C)C2CC1C3. The van der Waals surface area contributed by atoms with Gasteiger partial charge in [0.2, 0.25) is 11.7 Å². The number of benzene rings is 1. The fourth-order valence-electron chi connectivity index (χ4n) is 6.46. The molecule has 4 atom stereocenters. The Kier molecular flexibility index (Phi) is 6.13. The van der Waals surface area contributed by atoms with Gasteiger partial charge in [-0.1, -0.05) is 0 Å². The zero-order valence-electron chi connectivity index (χ0n) is 22.8. The standard InChI is InChI=1S/C27H33N5O7/c1-30(2)10-16-29-14-9-15(31(3)4)12-7-11-8-13-20(32(5)6)22(34)19(26(28)37)25(36)27(13,38)24(35)17(11)21(33)18(12)23(14)39-16/h9,11,13,20,33,36,38H,7-8,10H2,1-6H3,(H2,28,37)/t11?,13?,20-,27-/m0/s1. The number of aliphatic hydroxyl groups excluding tert-OH is 2. The van der Waals surface area contributed by atoms with Crippen LogP contribution in [0.4, 0.5) is 5.69 Å². The van der Waals surface area contributed by atoms with Crippen molar-refractivity contribution in [2.45, 2.75) is 31.0 Å². The maximum Gasteiger partial charge on any atom is 0.255 e. The number of fused-ring (bicyclic) bond motifs is 5. The van der Waals surface area contributed by atoms with E-state index in [-0.39, 0.29) is 17.8 Å². The number of carbonyl (C=O) groups excluding carboxylic acids is 3. The molecule has 12 heteroatoms. The number of primary amides is 1. The second kappa shape index (κ2) is 8.90. The largest absolute Gasteiger partial charge is 0.508 e. The van der Waals surface area contributed by atoms with Crippen molar-refractivity contribution in [2.24, 2.45) is 17.6 Å². The van der Waals surface area contributed by atoms with E-state index in [1.165, 1.54) is 4.90 Å². The second-order valence-electron chi connectivity index (χ2n) is 11.3. The van der Waals surface area contributed by atoms with E-state index in [1.54, 1.807) is 14.1 Å². The van der Waals surface area contributed by atoms with Gasteiger partial charge in [0.1, 0.15) is 22.6 Å². The number of oxazole rings is 1. The van der Waals surface area contributed by atoms with Crippen molar-refractivity contribution in [3.63, 3.8) is 0 Å². The molecule has 2 aromatic rings. The number of ketones is 2. The fraction of sp³-hybridized carbons (Fsp3) is 0.481. The Labute approximate surface area is 225 Å². The molecule has 0 aliphatic heterocycles. The molecule has 5 N–H and O–H groups in total. The van der Waals surface area contributed by atoms with Crippen molar-refractivity contribution in [3.05, 3.63) is 40.0 Å². The molecule has 1 aromatic carbocycles. The molecule has 12 nitrogen and oxygen atoms in total. The van der Waals surface area contributed by atoms with Gasteiger partial charge in [0.05, 0.1) is 18.2 Å². The second-order valence-corrected chi connectivity index (χ2v) is 11.3. The lowest BCUT2D eigenvalue weighted by Crippen LogP contribution is -2.65. The van der Waals surface area contributed by atoms with Gasteiger partial charge in [-0.2, -0.15) is 0 Å². The number of aromatic nitrogens is 1. The van der Waals surface area contributed by atoms with Crippen LogP contribution in [0.2, 0.25) is 0 Å². The van der Waals surface area contributed by atoms with Crippen LogP contribution < -0.4 is 10.6 Å². The quantitative estimate of drug-likeness (QED) is 0.390. The third-order valence-corrected chi connectivity index (χ3v) is 8.06. The van der Waals surface area contributed by atoms with Crippen molar-refractivity contribution < 1.29 is 34.1 Å². The number of likely N-dealkylation sites (N-methyl/N-ethyl adjacent to an activating group) is 1. The van der Waals surface area contributed by atoms with Crippen LogP contribution >= 0.6 is 0 Å². The summed E-state index contributed by atoms with van der Waals surface area (Å²) in [4.78, 5) is 49.3. The Morgan fingerprint density at radius 1 is 1.18 bits per heavy atom. The van der Waals surface area contributed by atoms with Crippen molar-refractivity contribution >= 4 is 40.0 Å². The van der Waals surface area contributed by atoms with Gasteiger partial charge in [-0.25, -0.2) is 4.98 Å². The number of amides is 1. The molecule has 3 aliphatic carbocycles. The highest BCUT2D eigenvalue weighted by Crippen LogP contribution is 2.53. The van der Waals surface area contributed by atoms with E-state index >= 15 is 0 Å². The fourth-order valence-corrected chi connectivity index (χ4v) is 6.46. The van der Waals surface area contributed by atoms with Crippen molar-refractivity contribution in [1.82, 2.24) is 14.8 Å². The van der Waals surface area contributed by atoms with E-state index < -0.39 is 52.3 Å². The number of nitrogens with two attached hydrogens (primary N) is 1. The monoisotopic (exact) mass is 539 g/mol. The minimum absolute atomic E-state index is 0.0823. The number of anilines is 1. The average Bonchev–Trinajstić information content (AvgIpc) is 3.21. The lowest BCUT2D eigenvalue weighted by atomic mass is 9.57. The molecule has 5 rings (SSSR count). The molecule has 1 saturated carbocycles. The number of hydrogen-bond donors (Lipinski definition) is 4. The number of carbonyl (C=O) groups is 3. The van der Waals surface area contributed by atoms with Gasteiger partial charge in [0.25, 0.3) is 5.91 Å². The number of aliphatic hydroxyl groups is 3. The van der Waals surface area contributed by atoms with Crippen molar-refractivity contribution in [1.29, 1.82) is 0 Å². The van der Waals surface area contributed by atoms with Crippen LogP contribution in [0.1, 0.15) is 23.4 Å². The molecule has 0 spiro atoms. The Hall–Kier alpha value is -3.74. The summed E-state index contributed by atoms with van der Waals surface area (Å²) >= 11 is 0. The molecule has 0 saturated heterocycles. The molecular weight excluding hydrogens is 506 g/mol. The first-order valence-electron chi connectivity index (χ1n) is 12.6. The molecule has 0 bridgehead atoms. The first-order chi connectivity index (χ1) is 18.2. The van der Waals surface area contributed by atoms with E-state index in [0.29, 0.717) is 35.5 Å².